The maximum Gasteiger partial charge on any atom is 0.330 e. The van der Waals surface area contributed by atoms with E-state index in [1.165, 1.54) is 23.2 Å². The number of Topliss-reactive ketones (excluding diaryl/α,β-unsaturated/α-hetero) is 1. The van der Waals surface area contributed by atoms with Gasteiger partial charge in [0, 0.05) is 16.4 Å². The average molecular weight is 539 g/mol. The van der Waals surface area contributed by atoms with E-state index >= 15 is 0 Å². The van der Waals surface area contributed by atoms with Gasteiger partial charge >= 0.3 is 5.97 Å². The number of benzene rings is 2. The lowest BCUT2D eigenvalue weighted by Gasteiger charge is -2.38. The summed E-state index contributed by atoms with van der Waals surface area (Å²) in [6, 6.07) is 21.4. The number of carboxylic acid groups (broad SMARTS) is 1. The van der Waals surface area contributed by atoms with Crippen molar-refractivity contribution in [3.63, 3.8) is 0 Å². The van der Waals surface area contributed by atoms with Crippen molar-refractivity contribution in [3.05, 3.63) is 117 Å². The van der Waals surface area contributed by atoms with E-state index in [0.717, 1.165) is 10.4 Å². The topological polar surface area (TPSA) is 112 Å². The first-order valence-electron chi connectivity index (χ1n) is 12.4. The van der Waals surface area contributed by atoms with Crippen molar-refractivity contribution in [1.29, 1.82) is 5.26 Å². The summed E-state index contributed by atoms with van der Waals surface area (Å²) in [5.74, 6) is -3.29. The van der Waals surface area contributed by atoms with E-state index in [4.69, 9.17) is 4.42 Å². The Bertz CT molecular complexity index is 1600. The molecule has 1 amide bonds. The zero-order chi connectivity index (χ0) is 27.9. The molecule has 0 bridgehead atoms. The van der Waals surface area contributed by atoms with E-state index in [1.807, 2.05) is 18.4 Å². The summed E-state index contributed by atoms with van der Waals surface area (Å²) in [5, 5.41) is 22.1. The lowest BCUT2D eigenvalue weighted by Crippen LogP contribution is -2.54. The molecule has 0 aliphatic carbocycles. The largest absolute Gasteiger partial charge is 0.479 e. The van der Waals surface area contributed by atoms with Crippen LogP contribution in [0.1, 0.15) is 67.1 Å². The van der Waals surface area contributed by atoms with Gasteiger partial charge in [-0.2, -0.15) is 5.26 Å². The second-order valence-electron chi connectivity index (χ2n) is 9.92. The summed E-state index contributed by atoms with van der Waals surface area (Å²) in [4.78, 5) is 44.0. The van der Waals surface area contributed by atoms with Crippen molar-refractivity contribution in [1.82, 2.24) is 4.90 Å². The number of thiophene rings is 1. The number of carbonyl (C=O) groups excluding carboxylic acids is 2. The minimum Gasteiger partial charge on any atom is -0.479 e. The number of nitrogens with zero attached hydrogens (tertiary/aromatic N) is 2. The number of aryl methyl sites for hydroxylation is 2. The second kappa shape index (κ2) is 10.0. The van der Waals surface area contributed by atoms with Crippen LogP contribution in [0.15, 0.2) is 82.6 Å². The van der Waals surface area contributed by atoms with Crippen LogP contribution in [0, 0.1) is 31.1 Å². The number of carboxylic acids is 1. The van der Waals surface area contributed by atoms with Crippen molar-refractivity contribution < 1.29 is 23.9 Å². The highest BCUT2D eigenvalue weighted by Gasteiger charge is 2.65. The Labute approximate surface area is 229 Å². The van der Waals surface area contributed by atoms with Crippen molar-refractivity contribution >= 4 is 29.0 Å². The molecular formula is C31H26N2O5S. The van der Waals surface area contributed by atoms with Gasteiger partial charge in [-0.3, -0.25) is 9.59 Å². The van der Waals surface area contributed by atoms with Gasteiger partial charge in [0.05, 0.1) is 23.6 Å². The third-order valence-corrected chi connectivity index (χ3v) is 8.71. The Morgan fingerprint density at radius 1 is 1.00 bits per heavy atom. The van der Waals surface area contributed by atoms with Crippen molar-refractivity contribution in [2.75, 3.05) is 0 Å². The first-order chi connectivity index (χ1) is 18.7. The summed E-state index contributed by atoms with van der Waals surface area (Å²) in [6.07, 6.45) is 0. The Hall–Kier alpha value is -4.48. The molecule has 4 aromatic rings. The zero-order valence-corrected chi connectivity index (χ0v) is 22.4. The number of likely N-dealkylation sites (tertiary alicyclic amines) is 1. The second-order valence-corrected chi connectivity index (χ2v) is 10.9. The molecule has 1 aliphatic rings. The molecule has 0 radical (unpaired) electrons. The van der Waals surface area contributed by atoms with Gasteiger partial charge in [-0.15, -0.1) is 11.3 Å². The Balaban J connectivity index is 1.83. The molecule has 0 spiro atoms. The number of carbonyl (C=O) groups is 3. The molecule has 1 aliphatic heterocycles. The van der Waals surface area contributed by atoms with E-state index < -0.39 is 35.3 Å². The van der Waals surface area contributed by atoms with Crippen LogP contribution in [0.25, 0.3) is 0 Å². The van der Waals surface area contributed by atoms with Crippen LogP contribution >= 0.6 is 11.3 Å². The smallest absolute Gasteiger partial charge is 0.330 e. The zero-order valence-electron chi connectivity index (χ0n) is 21.6. The van der Waals surface area contributed by atoms with Crippen LogP contribution in [-0.4, -0.2) is 33.2 Å². The minimum atomic E-state index is -1.79. The van der Waals surface area contributed by atoms with Crippen LogP contribution in [0.4, 0.5) is 0 Å². The highest BCUT2D eigenvalue weighted by molar-refractivity contribution is 7.10. The Morgan fingerprint density at radius 2 is 1.69 bits per heavy atom. The molecule has 4 unspecified atom stereocenters. The minimum absolute atomic E-state index is 0.108. The fourth-order valence-electron chi connectivity index (χ4n) is 5.68. The lowest BCUT2D eigenvalue weighted by atomic mass is 9.74. The molecule has 8 heteroatoms. The normalized spacial score (nSPS) is 22.4. The number of ketones is 1. The van der Waals surface area contributed by atoms with E-state index in [1.54, 1.807) is 73.7 Å². The van der Waals surface area contributed by atoms with Crippen molar-refractivity contribution in [2.24, 2.45) is 5.92 Å². The van der Waals surface area contributed by atoms with Crippen molar-refractivity contribution in [2.45, 2.75) is 38.3 Å². The van der Waals surface area contributed by atoms with Gasteiger partial charge in [-0.05, 0) is 79.7 Å². The van der Waals surface area contributed by atoms with E-state index in [9.17, 15) is 24.8 Å². The highest BCUT2D eigenvalue weighted by atomic mass is 32.1. The number of aliphatic carboxylic acids is 1. The van der Waals surface area contributed by atoms with E-state index in [-0.39, 0.29) is 11.5 Å². The summed E-state index contributed by atoms with van der Waals surface area (Å²) < 4.78 is 5.74. The third-order valence-electron chi connectivity index (χ3n) is 7.61. The number of furan rings is 1. The first kappa shape index (κ1) is 26.1. The molecule has 4 atom stereocenters. The predicted molar refractivity (Wildman–Crippen MR) is 146 cm³/mol. The molecule has 2 aromatic carbocycles. The maximum atomic E-state index is 14.3. The van der Waals surface area contributed by atoms with Gasteiger partial charge in [0.25, 0.3) is 5.91 Å². The first-order valence-corrected chi connectivity index (χ1v) is 13.3. The fraction of sp³-hybridized carbons (Fsp3) is 0.226. The van der Waals surface area contributed by atoms with Gasteiger partial charge < -0.3 is 14.4 Å². The Kier molecular flexibility index (Phi) is 6.71. The number of hydrogen-bond acceptors (Lipinski definition) is 6. The summed E-state index contributed by atoms with van der Waals surface area (Å²) >= 11 is 1.37. The summed E-state index contributed by atoms with van der Waals surface area (Å²) in [7, 11) is 0. The molecular weight excluding hydrogens is 512 g/mol. The summed E-state index contributed by atoms with van der Waals surface area (Å²) in [5.41, 5.74) is 0.340. The Morgan fingerprint density at radius 3 is 2.23 bits per heavy atom. The highest BCUT2D eigenvalue weighted by Crippen LogP contribution is 2.58. The molecule has 7 nitrogen and oxygen atoms in total. The maximum absolute atomic E-state index is 14.3. The fourth-order valence-corrected chi connectivity index (χ4v) is 6.88. The molecule has 5 rings (SSSR count). The van der Waals surface area contributed by atoms with Crippen LogP contribution in [0.5, 0.6) is 0 Å². The van der Waals surface area contributed by atoms with Gasteiger partial charge in [0.1, 0.15) is 11.3 Å². The van der Waals surface area contributed by atoms with E-state index in [2.05, 4.69) is 6.07 Å². The van der Waals surface area contributed by atoms with E-state index in [0.29, 0.717) is 22.5 Å². The van der Waals surface area contributed by atoms with Gasteiger partial charge in [-0.1, -0.05) is 30.3 Å². The lowest BCUT2D eigenvalue weighted by molar-refractivity contribution is -0.148. The number of rotatable bonds is 6. The summed E-state index contributed by atoms with van der Waals surface area (Å²) in [6.45, 7) is 5.14. The third kappa shape index (κ3) is 4.25. The van der Waals surface area contributed by atoms with Crippen LogP contribution in [0.2, 0.25) is 0 Å². The van der Waals surface area contributed by atoms with Crippen LogP contribution in [-0.2, 0) is 4.79 Å². The molecule has 1 saturated heterocycles. The SMILES string of the molecule is Cc1ccc(C(=O)C2C(c3ccc(C#N)cc3)N(C(=O)c3ccccc3)C(C)(C(=O)O)C2c2sccc2C)o1. The van der Waals surface area contributed by atoms with Crippen molar-refractivity contribution in [3.8, 4) is 6.07 Å². The monoisotopic (exact) mass is 538 g/mol. The van der Waals surface area contributed by atoms with Gasteiger partial charge in [0.15, 0.2) is 5.76 Å². The molecule has 196 valence electrons. The number of hydrogen-bond donors (Lipinski definition) is 1. The van der Waals surface area contributed by atoms with Gasteiger partial charge in [-0.25, -0.2) is 4.79 Å². The van der Waals surface area contributed by atoms with Crippen LogP contribution < -0.4 is 0 Å². The molecule has 2 aromatic heterocycles. The average Bonchev–Trinajstić information content (AvgIpc) is 3.64. The molecule has 1 fully saturated rings. The molecule has 39 heavy (non-hydrogen) atoms. The molecule has 0 saturated carbocycles. The van der Waals surface area contributed by atoms with Crippen LogP contribution in [0.3, 0.4) is 0 Å². The quantitative estimate of drug-likeness (QED) is 0.295. The molecule has 3 heterocycles. The predicted octanol–water partition coefficient (Wildman–Crippen LogP) is 6.15. The molecule has 1 N–H and O–H groups in total. The standard InChI is InChI=1S/C31H26N2O5S/c1-18-15-16-39-28(18)25-24(27(34)23-14-9-19(2)38-23)26(21-12-10-20(17-32)11-13-21)33(31(25,3)30(36)37)29(35)22-7-5-4-6-8-22/h4-16,24-26H,1-3H3,(H,36,37). The van der Waals surface area contributed by atoms with Gasteiger partial charge in [0.2, 0.25) is 5.78 Å². The number of amides is 1. The number of nitriles is 1.